The van der Waals surface area contributed by atoms with E-state index in [1.54, 1.807) is 0 Å². The first-order valence-corrected chi connectivity index (χ1v) is 5.63. The Morgan fingerprint density at radius 2 is 1.21 bits per heavy atom. The Balaban J connectivity index is 2.36. The molecule has 0 aromatic heterocycles. The Bertz CT molecular complexity index is 228. The molecule has 1 aliphatic rings. The van der Waals surface area contributed by atoms with Gasteiger partial charge in [-0.3, -0.25) is 0 Å². The SMILES string of the molecule is C1=CC=CCCCCCC=CCC=C1. The normalized spacial score (nSPS) is 19.4. The van der Waals surface area contributed by atoms with Gasteiger partial charge in [0.25, 0.3) is 0 Å². The van der Waals surface area contributed by atoms with Crippen LogP contribution in [0, 0.1) is 0 Å². The highest BCUT2D eigenvalue weighted by Gasteiger charge is 1.85. The zero-order valence-corrected chi connectivity index (χ0v) is 8.86. The lowest BCUT2D eigenvalue weighted by Crippen LogP contribution is -1.75. The summed E-state index contributed by atoms with van der Waals surface area (Å²) in [4.78, 5) is 0. The third-order valence-electron chi connectivity index (χ3n) is 2.29. The summed E-state index contributed by atoms with van der Waals surface area (Å²) in [5, 5.41) is 0. The highest BCUT2D eigenvalue weighted by Crippen LogP contribution is 2.05. The van der Waals surface area contributed by atoms with E-state index >= 15 is 0 Å². The quantitative estimate of drug-likeness (QED) is 0.489. The van der Waals surface area contributed by atoms with Crippen molar-refractivity contribution in [1.82, 2.24) is 0 Å². The lowest BCUT2D eigenvalue weighted by atomic mass is 10.1. The van der Waals surface area contributed by atoms with Crippen molar-refractivity contribution in [2.75, 3.05) is 0 Å². The Kier molecular flexibility index (Phi) is 6.74. The molecule has 1 rings (SSSR count). The fraction of sp³-hybridized carbons (Fsp3) is 0.429. The van der Waals surface area contributed by atoms with Crippen LogP contribution in [0.4, 0.5) is 0 Å². The summed E-state index contributed by atoms with van der Waals surface area (Å²) >= 11 is 0. The Labute approximate surface area is 87.7 Å². The third-order valence-corrected chi connectivity index (χ3v) is 2.29. The van der Waals surface area contributed by atoms with Crippen molar-refractivity contribution >= 4 is 0 Å². The predicted octanol–water partition coefficient (Wildman–Crippen LogP) is 4.57. The van der Waals surface area contributed by atoms with Crippen LogP contribution in [-0.2, 0) is 0 Å². The molecule has 0 spiro atoms. The highest BCUT2D eigenvalue weighted by molar-refractivity contribution is 5.11. The van der Waals surface area contributed by atoms with Crippen LogP contribution in [0.2, 0.25) is 0 Å². The van der Waals surface area contributed by atoms with Crippen LogP contribution in [0.15, 0.2) is 48.6 Å². The molecule has 0 bridgehead atoms. The summed E-state index contributed by atoms with van der Waals surface area (Å²) in [5.41, 5.74) is 0. The predicted molar refractivity (Wildman–Crippen MR) is 64.3 cm³/mol. The number of rotatable bonds is 0. The molecule has 0 aliphatic heterocycles. The molecule has 0 aromatic carbocycles. The molecule has 0 unspecified atom stereocenters. The Hall–Kier alpha value is -1.04. The molecule has 0 saturated heterocycles. The summed E-state index contributed by atoms with van der Waals surface area (Å²) in [6.07, 6.45) is 25.0. The van der Waals surface area contributed by atoms with Crippen molar-refractivity contribution < 1.29 is 0 Å². The van der Waals surface area contributed by atoms with Crippen LogP contribution in [0.25, 0.3) is 0 Å². The fourth-order valence-electron chi connectivity index (χ4n) is 1.45. The summed E-state index contributed by atoms with van der Waals surface area (Å²) in [6, 6.07) is 0. The molecule has 0 aromatic rings. The Morgan fingerprint density at radius 3 is 2.07 bits per heavy atom. The smallest absolute Gasteiger partial charge is 0.0166 e. The Morgan fingerprint density at radius 1 is 0.500 bits per heavy atom. The number of hydrogen-bond acceptors (Lipinski definition) is 0. The van der Waals surface area contributed by atoms with Gasteiger partial charge in [0.1, 0.15) is 0 Å². The molecule has 0 radical (unpaired) electrons. The molecule has 0 N–H and O–H groups in total. The lowest BCUT2D eigenvalue weighted by Gasteiger charge is -1.95. The largest absolute Gasteiger partial charge is 0.0882 e. The summed E-state index contributed by atoms with van der Waals surface area (Å²) in [5.74, 6) is 0. The van der Waals surface area contributed by atoms with Gasteiger partial charge in [-0.05, 0) is 32.1 Å². The van der Waals surface area contributed by atoms with Crippen LogP contribution >= 0.6 is 0 Å². The van der Waals surface area contributed by atoms with Gasteiger partial charge in [-0.15, -0.1) is 0 Å². The molecule has 14 heavy (non-hydrogen) atoms. The van der Waals surface area contributed by atoms with E-state index in [1.165, 1.54) is 32.1 Å². The highest BCUT2D eigenvalue weighted by atomic mass is 13.9. The van der Waals surface area contributed by atoms with E-state index in [9.17, 15) is 0 Å². The van der Waals surface area contributed by atoms with Crippen molar-refractivity contribution in [1.29, 1.82) is 0 Å². The van der Waals surface area contributed by atoms with E-state index < -0.39 is 0 Å². The zero-order chi connectivity index (χ0) is 9.90. The second-order valence-electron chi connectivity index (χ2n) is 3.59. The molecule has 0 atom stereocenters. The van der Waals surface area contributed by atoms with Crippen LogP contribution in [-0.4, -0.2) is 0 Å². The van der Waals surface area contributed by atoms with Crippen LogP contribution in [0.3, 0.4) is 0 Å². The molecule has 1 aliphatic carbocycles. The molecule has 0 heteroatoms. The van der Waals surface area contributed by atoms with Gasteiger partial charge in [-0.25, -0.2) is 0 Å². The van der Waals surface area contributed by atoms with Crippen LogP contribution in [0.1, 0.15) is 38.5 Å². The number of allylic oxidation sites excluding steroid dienone is 8. The first kappa shape index (κ1) is 11.0. The van der Waals surface area contributed by atoms with Crippen molar-refractivity contribution in [3.05, 3.63) is 48.6 Å². The zero-order valence-electron chi connectivity index (χ0n) is 8.86. The van der Waals surface area contributed by atoms with E-state index in [0.717, 1.165) is 6.42 Å². The third kappa shape index (κ3) is 6.47. The van der Waals surface area contributed by atoms with Crippen molar-refractivity contribution in [3.63, 3.8) is 0 Å². The molecule has 0 amide bonds. The van der Waals surface area contributed by atoms with E-state index in [0.29, 0.717) is 0 Å². The molecular weight excluding hydrogens is 168 g/mol. The van der Waals surface area contributed by atoms with Gasteiger partial charge < -0.3 is 0 Å². The van der Waals surface area contributed by atoms with Gasteiger partial charge >= 0.3 is 0 Å². The second kappa shape index (κ2) is 8.55. The summed E-state index contributed by atoms with van der Waals surface area (Å²) < 4.78 is 0. The second-order valence-corrected chi connectivity index (χ2v) is 3.59. The van der Waals surface area contributed by atoms with Gasteiger partial charge in [-0.2, -0.15) is 0 Å². The molecule has 76 valence electrons. The monoisotopic (exact) mass is 188 g/mol. The van der Waals surface area contributed by atoms with E-state index in [1.807, 2.05) is 0 Å². The fourth-order valence-corrected chi connectivity index (χ4v) is 1.45. The summed E-state index contributed by atoms with van der Waals surface area (Å²) in [6.45, 7) is 0. The minimum Gasteiger partial charge on any atom is -0.0882 e. The van der Waals surface area contributed by atoms with Gasteiger partial charge in [0, 0.05) is 0 Å². The maximum Gasteiger partial charge on any atom is -0.0166 e. The first-order valence-electron chi connectivity index (χ1n) is 5.63. The summed E-state index contributed by atoms with van der Waals surface area (Å²) in [7, 11) is 0. The van der Waals surface area contributed by atoms with E-state index in [2.05, 4.69) is 48.6 Å². The van der Waals surface area contributed by atoms with E-state index in [4.69, 9.17) is 0 Å². The molecule has 0 saturated carbocycles. The first-order chi connectivity index (χ1) is 7.00. The van der Waals surface area contributed by atoms with Crippen molar-refractivity contribution in [3.8, 4) is 0 Å². The standard InChI is InChI=1S/C14H20/c1-2-4-6-8-10-12-14-13-11-9-7-5-3-1/h1-6,9,11H,7-8,10,12-14H2. The average Bonchev–Trinajstić information content (AvgIpc) is 2.22. The maximum absolute atomic E-state index is 2.30. The van der Waals surface area contributed by atoms with Crippen molar-refractivity contribution in [2.45, 2.75) is 38.5 Å². The van der Waals surface area contributed by atoms with Gasteiger partial charge in [-0.1, -0.05) is 55.0 Å². The lowest BCUT2D eigenvalue weighted by molar-refractivity contribution is 0.695. The molecule has 0 heterocycles. The number of hydrogen-bond donors (Lipinski definition) is 0. The van der Waals surface area contributed by atoms with Crippen molar-refractivity contribution in [2.24, 2.45) is 0 Å². The maximum atomic E-state index is 2.30. The minimum atomic E-state index is 1.06. The van der Waals surface area contributed by atoms with Crippen LogP contribution in [0.5, 0.6) is 0 Å². The molecule has 0 nitrogen and oxygen atoms in total. The topological polar surface area (TPSA) is 0 Å². The average molecular weight is 188 g/mol. The van der Waals surface area contributed by atoms with Gasteiger partial charge in [0.15, 0.2) is 0 Å². The van der Waals surface area contributed by atoms with Gasteiger partial charge in [0.2, 0.25) is 0 Å². The van der Waals surface area contributed by atoms with E-state index in [-0.39, 0.29) is 0 Å². The molecule has 0 fully saturated rings. The minimum absolute atomic E-state index is 1.06. The van der Waals surface area contributed by atoms with Gasteiger partial charge in [0.05, 0.1) is 0 Å². The van der Waals surface area contributed by atoms with Crippen LogP contribution < -0.4 is 0 Å². The molecular formula is C14H20.